The summed E-state index contributed by atoms with van der Waals surface area (Å²) in [6.07, 6.45) is 0. The van der Waals surface area contributed by atoms with Crippen LogP contribution in [0.5, 0.6) is 0 Å². The quantitative estimate of drug-likeness (QED) is 0.398. The molecule has 2 aromatic carbocycles. The first kappa shape index (κ1) is 24.0. The number of hydrogen-bond donors (Lipinski definition) is 1. The maximum atomic E-state index is 12.9. The molecule has 0 spiro atoms. The maximum absolute atomic E-state index is 12.9. The molecular formula is C22H26N4O4S2. The second-order valence-electron chi connectivity index (χ2n) is 7.87. The molecule has 0 aliphatic heterocycles. The molecule has 0 saturated heterocycles. The summed E-state index contributed by atoms with van der Waals surface area (Å²) in [7, 11) is -0.609. The number of thioether (sulfide) groups is 1. The van der Waals surface area contributed by atoms with Gasteiger partial charge >= 0.3 is 0 Å². The van der Waals surface area contributed by atoms with Crippen LogP contribution in [0.25, 0.3) is 10.9 Å². The first-order valence-corrected chi connectivity index (χ1v) is 12.5. The van der Waals surface area contributed by atoms with E-state index >= 15 is 0 Å². The Balaban J connectivity index is 1.75. The Labute approximate surface area is 191 Å². The smallest absolute Gasteiger partial charge is 0.262 e. The lowest BCUT2D eigenvalue weighted by atomic mass is 10.2. The number of carbonyl (C=O) groups excluding carboxylic acids is 1. The minimum Gasteiger partial charge on any atom is -0.325 e. The molecule has 0 atom stereocenters. The number of hydrogen-bond acceptors (Lipinski definition) is 6. The summed E-state index contributed by atoms with van der Waals surface area (Å²) in [5.74, 6) is 0.0122. The first-order chi connectivity index (χ1) is 15.1. The van der Waals surface area contributed by atoms with Gasteiger partial charge in [0.15, 0.2) is 5.16 Å². The molecule has 3 aromatic rings. The van der Waals surface area contributed by atoms with Gasteiger partial charge in [-0.1, -0.05) is 37.7 Å². The lowest BCUT2D eigenvalue weighted by molar-refractivity contribution is -0.113. The molecule has 170 valence electrons. The summed E-state index contributed by atoms with van der Waals surface area (Å²) in [5, 5.41) is 3.79. The van der Waals surface area contributed by atoms with Gasteiger partial charge in [0.2, 0.25) is 15.9 Å². The van der Waals surface area contributed by atoms with Gasteiger partial charge < -0.3 is 5.32 Å². The summed E-state index contributed by atoms with van der Waals surface area (Å²) in [4.78, 5) is 30.2. The number of aromatic nitrogens is 2. The minimum atomic E-state index is -3.53. The lowest BCUT2D eigenvalue weighted by Gasteiger charge is -2.15. The van der Waals surface area contributed by atoms with Crippen molar-refractivity contribution in [3.05, 3.63) is 58.9 Å². The van der Waals surface area contributed by atoms with E-state index in [1.165, 1.54) is 38.0 Å². The molecule has 0 fully saturated rings. The number of rotatable bonds is 8. The highest BCUT2D eigenvalue weighted by Gasteiger charge is 2.17. The first-order valence-electron chi connectivity index (χ1n) is 10.0. The molecule has 0 saturated carbocycles. The Morgan fingerprint density at radius 2 is 1.78 bits per heavy atom. The van der Waals surface area contributed by atoms with Crippen molar-refractivity contribution in [1.82, 2.24) is 13.9 Å². The number of anilines is 1. The number of nitrogens with zero attached hydrogens (tertiary/aromatic N) is 3. The number of benzene rings is 2. The number of para-hydroxylation sites is 1. The van der Waals surface area contributed by atoms with E-state index in [1.54, 1.807) is 34.9 Å². The molecular weight excluding hydrogens is 448 g/mol. The SMILES string of the molecule is CC(C)Cn1c(SCC(=O)Nc2ccc(S(=O)(=O)N(C)C)cc2)nc2ccccc2c1=O. The topological polar surface area (TPSA) is 101 Å². The molecule has 0 bridgehead atoms. The van der Waals surface area contributed by atoms with Crippen molar-refractivity contribution in [2.75, 3.05) is 25.2 Å². The largest absolute Gasteiger partial charge is 0.325 e. The normalized spacial score (nSPS) is 11.9. The van der Waals surface area contributed by atoms with Crippen molar-refractivity contribution in [2.45, 2.75) is 30.4 Å². The van der Waals surface area contributed by atoms with Gasteiger partial charge in [0, 0.05) is 26.3 Å². The van der Waals surface area contributed by atoms with Crippen LogP contribution in [-0.4, -0.2) is 48.0 Å². The molecule has 0 radical (unpaired) electrons. The number of nitrogens with one attached hydrogen (secondary N) is 1. The standard InChI is InChI=1S/C22H26N4O4S2/c1-15(2)13-26-21(28)18-7-5-6-8-19(18)24-22(26)31-14-20(27)23-16-9-11-17(12-10-16)32(29,30)25(3)4/h5-12,15H,13-14H2,1-4H3,(H,23,27). The zero-order valence-electron chi connectivity index (χ0n) is 18.4. The Kier molecular flexibility index (Phi) is 7.37. The van der Waals surface area contributed by atoms with Gasteiger partial charge in [0.1, 0.15) is 0 Å². The zero-order valence-corrected chi connectivity index (χ0v) is 20.0. The highest BCUT2D eigenvalue weighted by atomic mass is 32.2. The Morgan fingerprint density at radius 1 is 1.12 bits per heavy atom. The van der Waals surface area contributed by atoms with E-state index < -0.39 is 10.0 Å². The van der Waals surface area contributed by atoms with Crippen LogP contribution < -0.4 is 10.9 Å². The average molecular weight is 475 g/mol. The van der Waals surface area contributed by atoms with Crippen LogP contribution in [0.3, 0.4) is 0 Å². The van der Waals surface area contributed by atoms with Crippen molar-refractivity contribution in [3.63, 3.8) is 0 Å². The van der Waals surface area contributed by atoms with Crippen LogP contribution in [0.4, 0.5) is 5.69 Å². The summed E-state index contributed by atoms with van der Waals surface area (Å²) in [5.41, 5.74) is 0.961. The Morgan fingerprint density at radius 3 is 2.41 bits per heavy atom. The van der Waals surface area contributed by atoms with E-state index in [1.807, 2.05) is 19.9 Å². The van der Waals surface area contributed by atoms with Gasteiger partial charge in [-0.25, -0.2) is 17.7 Å². The molecule has 1 amide bonds. The fourth-order valence-corrected chi connectivity index (χ4v) is 4.74. The second kappa shape index (κ2) is 9.85. The van der Waals surface area contributed by atoms with Crippen LogP contribution in [-0.2, 0) is 21.4 Å². The van der Waals surface area contributed by atoms with Crippen LogP contribution >= 0.6 is 11.8 Å². The summed E-state index contributed by atoms with van der Waals surface area (Å²) >= 11 is 1.19. The Hall–Kier alpha value is -2.69. The van der Waals surface area contributed by atoms with Gasteiger partial charge in [-0.2, -0.15) is 0 Å². The highest BCUT2D eigenvalue weighted by Crippen LogP contribution is 2.20. The van der Waals surface area contributed by atoms with E-state index in [9.17, 15) is 18.0 Å². The summed E-state index contributed by atoms with van der Waals surface area (Å²) < 4.78 is 27.1. The van der Waals surface area contributed by atoms with Crippen molar-refractivity contribution < 1.29 is 13.2 Å². The molecule has 3 rings (SSSR count). The maximum Gasteiger partial charge on any atom is 0.262 e. The fourth-order valence-electron chi connectivity index (χ4n) is 3.03. The van der Waals surface area contributed by atoms with E-state index in [2.05, 4.69) is 10.3 Å². The third-order valence-electron chi connectivity index (χ3n) is 4.62. The minimum absolute atomic E-state index is 0.0562. The molecule has 0 aliphatic rings. The molecule has 1 N–H and O–H groups in total. The van der Waals surface area contributed by atoms with Crippen LogP contribution in [0.2, 0.25) is 0 Å². The molecule has 32 heavy (non-hydrogen) atoms. The van der Waals surface area contributed by atoms with Gasteiger partial charge in [-0.05, 0) is 42.3 Å². The van der Waals surface area contributed by atoms with Gasteiger partial charge in [0.25, 0.3) is 5.56 Å². The second-order valence-corrected chi connectivity index (χ2v) is 11.0. The average Bonchev–Trinajstić information content (AvgIpc) is 2.74. The van der Waals surface area contributed by atoms with Crippen molar-refractivity contribution in [1.29, 1.82) is 0 Å². The number of fused-ring (bicyclic) bond motifs is 1. The van der Waals surface area contributed by atoms with E-state index in [4.69, 9.17) is 0 Å². The number of amides is 1. The van der Waals surface area contributed by atoms with Crippen LogP contribution in [0.1, 0.15) is 13.8 Å². The van der Waals surface area contributed by atoms with Gasteiger partial charge in [-0.3, -0.25) is 14.2 Å². The zero-order chi connectivity index (χ0) is 23.5. The van der Waals surface area contributed by atoms with Crippen molar-refractivity contribution in [3.8, 4) is 0 Å². The molecule has 0 aliphatic carbocycles. The summed E-state index contributed by atoms with van der Waals surface area (Å²) in [6.45, 7) is 4.54. The van der Waals surface area contributed by atoms with Crippen LogP contribution in [0.15, 0.2) is 63.4 Å². The third kappa shape index (κ3) is 5.37. The molecule has 0 unspecified atom stereocenters. The molecule has 1 heterocycles. The molecule has 1 aromatic heterocycles. The lowest BCUT2D eigenvalue weighted by Crippen LogP contribution is -2.26. The third-order valence-corrected chi connectivity index (χ3v) is 7.43. The van der Waals surface area contributed by atoms with Crippen LogP contribution in [0, 0.1) is 5.92 Å². The van der Waals surface area contributed by atoms with Crippen molar-refractivity contribution in [2.24, 2.45) is 5.92 Å². The monoisotopic (exact) mass is 474 g/mol. The Bertz CT molecular complexity index is 1280. The molecule has 8 nitrogen and oxygen atoms in total. The number of sulfonamides is 1. The molecule has 10 heteroatoms. The predicted octanol–water partition coefficient (Wildman–Crippen LogP) is 3.03. The van der Waals surface area contributed by atoms with E-state index in [0.717, 1.165) is 4.31 Å². The van der Waals surface area contributed by atoms with Gasteiger partial charge in [0.05, 0.1) is 21.6 Å². The number of carbonyl (C=O) groups is 1. The highest BCUT2D eigenvalue weighted by molar-refractivity contribution is 7.99. The van der Waals surface area contributed by atoms with E-state index in [0.29, 0.717) is 28.3 Å². The van der Waals surface area contributed by atoms with E-state index in [-0.39, 0.29) is 28.0 Å². The summed E-state index contributed by atoms with van der Waals surface area (Å²) in [6, 6.07) is 13.1. The van der Waals surface area contributed by atoms with Crippen molar-refractivity contribution >= 4 is 44.3 Å². The predicted molar refractivity (Wildman–Crippen MR) is 128 cm³/mol. The fraction of sp³-hybridized carbons (Fsp3) is 0.318. The van der Waals surface area contributed by atoms with Gasteiger partial charge in [-0.15, -0.1) is 0 Å².